The van der Waals surface area contributed by atoms with Crippen molar-refractivity contribution in [3.05, 3.63) is 0 Å². The molecule has 0 bridgehead atoms. The topological polar surface area (TPSA) is 59.1 Å². The van der Waals surface area contributed by atoms with Crippen molar-refractivity contribution in [3.63, 3.8) is 0 Å². The van der Waals surface area contributed by atoms with Crippen LogP contribution in [0, 0.1) is 0 Å². The highest BCUT2D eigenvalue weighted by Gasteiger charge is 2.12. The number of carbonyl (C=O) groups is 2. The van der Waals surface area contributed by atoms with Crippen molar-refractivity contribution in [1.82, 2.24) is 9.80 Å². The van der Waals surface area contributed by atoms with Crippen LogP contribution in [-0.2, 0) is 19.1 Å². The summed E-state index contributed by atoms with van der Waals surface area (Å²) in [5.41, 5.74) is 0. The maximum Gasteiger partial charge on any atom is 0.221 e. The average Bonchev–Trinajstić information content (AvgIpc) is 2.51. The predicted octanol–water partition coefficient (Wildman–Crippen LogP) is 2.62. The molecule has 0 aliphatic carbocycles. The van der Waals surface area contributed by atoms with E-state index >= 15 is 0 Å². The first-order valence-electron chi connectivity index (χ1n) is 8.69. The van der Waals surface area contributed by atoms with Crippen molar-refractivity contribution in [2.45, 2.75) is 59.8 Å². The van der Waals surface area contributed by atoms with Crippen molar-refractivity contribution in [1.29, 1.82) is 0 Å². The summed E-state index contributed by atoms with van der Waals surface area (Å²) in [4.78, 5) is 26.5. The Bertz CT molecular complexity index is 294. The quantitative estimate of drug-likeness (QED) is 0.363. The Hall–Kier alpha value is -1.14. The fourth-order valence-electron chi connectivity index (χ4n) is 1.92. The molecule has 6 heteroatoms. The summed E-state index contributed by atoms with van der Waals surface area (Å²) in [7, 11) is 0. The van der Waals surface area contributed by atoms with Gasteiger partial charge in [-0.1, -0.05) is 26.7 Å². The molecule has 0 fully saturated rings. The molecule has 0 rings (SSSR count). The maximum absolute atomic E-state index is 11.6. The van der Waals surface area contributed by atoms with Crippen molar-refractivity contribution in [2.24, 2.45) is 0 Å². The Labute approximate surface area is 141 Å². The Morgan fingerprint density at radius 2 is 1.13 bits per heavy atom. The largest absolute Gasteiger partial charge is 0.361 e. The van der Waals surface area contributed by atoms with Gasteiger partial charge >= 0.3 is 0 Å². The van der Waals surface area contributed by atoms with Crippen molar-refractivity contribution < 1.29 is 19.1 Å². The van der Waals surface area contributed by atoms with Gasteiger partial charge in [-0.3, -0.25) is 9.59 Å². The van der Waals surface area contributed by atoms with Gasteiger partial charge in [0.2, 0.25) is 11.8 Å². The second-order valence-electron chi connectivity index (χ2n) is 5.70. The zero-order chi connectivity index (χ0) is 17.5. The normalized spacial score (nSPS) is 10.6. The van der Waals surface area contributed by atoms with E-state index in [2.05, 4.69) is 13.8 Å². The summed E-state index contributed by atoms with van der Waals surface area (Å²) in [5, 5.41) is 0. The molecule has 0 saturated heterocycles. The molecule has 23 heavy (non-hydrogen) atoms. The van der Waals surface area contributed by atoms with Gasteiger partial charge in [-0.05, 0) is 19.3 Å². The van der Waals surface area contributed by atoms with Crippen LogP contribution in [-0.4, -0.2) is 61.4 Å². The molecule has 0 unspecified atom stereocenters. The van der Waals surface area contributed by atoms with Crippen LogP contribution in [0.2, 0.25) is 0 Å². The van der Waals surface area contributed by atoms with Crippen LogP contribution < -0.4 is 0 Å². The van der Waals surface area contributed by atoms with Crippen molar-refractivity contribution in [3.8, 4) is 0 Å². The Morgan fingerprint density at radius 1 is 0.739 bits per heavy atom. The van der Waals surface area contributed by atoms with Crippen LogP contribution in [0.25, 0.3) is 0 Å². The van der Waals surface area contributed by atoms with Gasteiger partial charge in [0.15, 0.2) is 0 Å². The molecule has 0 aromatic rings. The molecule has 0 aromatic heterocycles. The molecule has 0 atom stereocenters. The fraction of sp³-hybridized carbons (Fsp3) is 0.882. The molecule has 0 heterocycles. The van der Waals surface area contributed by atoms with Gasteiger partial charge < -0.3 is 19.3 Å². The third-order valence-corrected chi connectivity index (χ3v) is 3.53. The lowest BCUT2D eigenvalue weighted by Crippen LogP contribution is -2.37. The van der Waals surface area contributed by atoms with E-state index in [1.807, 2.05) is 0 Å². The highest BCUT2D eigenvalue weighted by atomic mass is 16.5. The standard InChI is InChI=1S/C17H34N2O4/c1-5-7-12-22-14-18(16(3)20)10-9-11-19(17(4)21)15-23-13-8-6-2/h5-15H2,1-4H3. The fourth-order valence-corrected chi connectivity index (χ4v) is 1.92. The van der Waals surface area contributed by atoms with Gasteiger partial charge in [0.1, 0.15) is 13.5 Å². The highest BCUT2D eigenvalue weighted by molar-refractivity contribution is 5.73. The first-order valence-corrected chi connectivity index (χ1v) is 8.69. The van der Waals surface area contributed by atoms with E-state index in [1.165, 1.54) is 0 Å². The van der Waals surface area contributed by atoms with E-state index < -0.39 is 0 Å². The molecule has 0 aliphatic rings. The number of rotatable bonds is 14. The maximum atomic E-state index is 11.6. The molecule has 136 valence electrons. The Morgan fingerprint density at radius 3 is 1.43 bits per heavy atom. The number of ether oxygens (including phenoxy) is 2. The van der Waals surface area contributed by atoms with Crippen molar-refractivity contribution >= 4 is 11.8 Å². The van der Waals surface area contributed by atoms with E-state index in [4.69, 9.17) is 9.47 Å². The molecule has 0 spiro atoms. The third-order valence-electron chi connectivity index (χ3n) is 3.53. The van der Waals surface area contributed by atoms with E-state index in [1.54, 1.807) is 23.6 Å². The first kappa shape index (κ1) is 21.9. The third kappa shape index (κ3) is 12.0. The van der Waals surface area contributed by atoms with Crippen LogP contribution in [0.5, 0.6) is 0 Å². The molecule has 0 saturated carbocycles. The predicted molar refractivity (Wildman–Crippen MR) is 90.8 cm³/mol. The number of unbranched alkanes of at least 4 members (excludes halogenated alkanes) is 2. The molecule has 2 amide bonds. The van der Waals surface area contributed by atoms with Crippen molar-refractivity contribution in [2.75, 3.05) is 39.8 Å². The van der Waals surface area contributed by atoms with Crippen LogP contribution in [0.4, 0.5) is 0 Å². The monoisotopic (exact) mass is 330 g/mol. The lowest BCUT2D eigenvalue weighted by atomic mass is 10.3. The SMILES string of the molecule is CCCCOCN(CCCN(COCCCC)C(C)=O)C(C)=O. The van der Waals surface area contributed by atoms with E-state index in [9.17, 15) is 9.59 Å². The second kappa shape index (κ2) is 14.5. The zero-order valence-corrected chi connectivity index (χ0v) is 15.3. The molecular weight excluding hydrogens is 296 g/mol. The summed E-state index contributed by atoms with van der Waals surface area (Å²) in [6.45, 7) is 10.4. The van der Waals surface area contributed by atoms with Crippen LogP contribution in [0.1, 0.15) is 59.8 Å². The molecule has 0 aliphatic heterocycles. The molecule has 0 N–H and O–H groups in total. The summed E-state index contributed by atoms with van der Waals surface area (Å²) in [6.07, 6.45) is 4.86. The van der Waals surface area contributed by atoms with Crippen LogP contribution >= 0.6 is 0 Å². The van der Waals surface area contributed by atoms with E-state index in [-0.39, 0.29) is 11.8 Å². The summed E-state index contributed by atoms with van der Waals surface area (Å²) < 4.78 is 11.0. The molecule has 0 aromatic carbocycles. The summed E-state index contributed by atoms with van der Waals surface area (Å²) >= 11 is 0. The van der Waals surface area contributed by atoms with Crippen LogP contribution in [0.3, 0.4) is 0 Å². The first-order chi connectivity index (χ1) is 11.0. The number of nitrogens with zero attached hydrogens (tertiary/aromatic N) is 2. The average molecular weight is 330 g/mol. The van der Waals surface area contributed by atoms with E-state index in [0.717, 1.165) is 25.7 Å². The highest BCUT2D eigenvalue weighted by Crippen LogP contribution is 2.00. The lowest BCUT2D eigenvalue weighted by Gasteiger charge is -2.24. The number of carbonyl (C=O) groups excluding carboxylic acids is 2. The molecule has 6 nitrogen and oxygen atoms in total. The minimum atomic E-state index is -0.00457. The molecule has 0 radical (unpaired) electrons. The van der Waals surface area contributed by atoms with Gasteiger partial charge in [0.25, 0.3) is 0 Å². The van der Waals surface area contributed by atoms with Gasteiger partial charge in [-0.25, -0.2) is 0 Å². The minimum absolute atomic E-state index is 0.00457. The number of hydrogen-bond acceptors (Lipinski definition) is 4. The summed E-state index contributed by atoms with van der Waals surface area (Å²) in [6, 6.07) is 0. The number of hydrogen-bond donors (Lipinski definition) is 0. The van der Waals surface area contributed by atoms with Gasteiger partial charge in [-0.2, -0.15) is 0 Å². The Kier molecular flexibility index (Phi) is 13.7. The minimum Gasteiger partial charge on any atom is -0.361 e. The summed E-state index contributed by atoms with van der Waals surface area (Å²) in [5.74, 6) is -0.00913. The second-order valence-corrected chi connectivity index (χ2v) is 5.70. The van der Waals surface area contributed by atoms with Crippen LogP contribution in [0.15, 0.2) is 0 Å². The van der Waals surface area contributed by atoms with Gasteiger partial charge in [0, 0.05) is 40.2 Å². The van der Waals surface area contributed by atoms with Gasteiger partial charge in [-0.15, -0.1) is 0 Å². The zero-order valence-electron chi connectivity index (χ0n) is 15.3. The lowest BCUT2D eigenvalue weighted by molar-refractivity contribution is -0.135. The van der Waals surface area contributed by atoms with Gasteiger partial charge in [0.05, 0.1) is 0 Å². The smallest absolute Gasteiger partial charge is 0.221 e. The molecular formula is C17H34N2O4. The van der Waals surface area contributed by atoms with E-state index in [0.29, 0.717) is 46.2 Å². The number of amides is 2. The Balaban J connectivity index is 4.05.